The van der Waals surface area contributed by atoms with E-state index in [1.54, 1.807) is 18.4 Å². The summed E-state index contributed by atoms with van der Waals surface area (Å²) in [5, 5.41) is 0. The Kier molecular flexibility index (Phi) is 4.37. The molecule has 4 nitrogen and oxygen atoms in total. The van der Waals surface area contributed by atoms with E-state index < -0.39 is 0 Å². The van der Waals surface area contributed by atoms with Crippen LogP contribution >= 0.6 is 0 Å². The highest BCUT2D eigenvalue weighted by Gasteiger charge is 2.18. The summed E-state index contributed by atoms with van der Waals surface area (Å²) < 4.78 is 18.7. The molecule has 2 aromatic heterocycles. The van der Waals surface area contributed by atoms with Gasteiger partial charge in [-0.05, 0) is 49.2 Å². The van der Waals surface area contributed by atoms with Gasteiger partial charge in [0.2, 0.25) is 5.95 Å². The van der Waals surface area contributed by atoms with Crippen LogP contribution in [-0.4, -0.2) is 9.97 Å². The molecule has 0 aliphatic heterocycles. The van der Waals surface area contributed by atoms with Crippen molar-refractivity contribution in [3.8, 4) is 22.7 Å². The number of furan rings is 1. The fourth-order valence-electron chi connectivity index (χ4n) is 2.56. The molecule has 0 unspecified atom stereocenters. The highest BCUT2D eigenvalue weighted by atomic mass is 19.1. The fraction of sp³-hybridized carbons (Fsp3) is 0.222. The molecule has 2 N–H and O–H groups in total. The van der Waals surface area contributed by atoms with E-state index in [1.807, 2.05) is 12.1 Å². The largest absolute Gasteiger partial charge is 0.463 e. The van der Waals surface area contributed by atoms with Gasteiger partial charge in [0.15, 0.2) is 5.76 Å². The second-order valence-corrected chi connectivity index (χ2v) is 5.35. The Labute approximate surface area is 134 Å². The van der Waals surface area contributed by atoms with Crippen LogP contribution in [0.1, 0.15) is 25.3 Å². The molecule has 5 heteroatoms. The minimum atomic E-state index is -0.280. The third-order valence-electron chi connectivity index (χ3n) is 3.68. The molecule has 118 valence electrons. The maximum Gasteiger partial charge on any atom is 0.221 e. The van der Waals surface area contributed by atoms with Crippen molar-refractivity contribution in [2.24, 2.45) is 0 Å². The molecule has 23 heavy (non-hydrogen) atoms. The second kappa shape index (κ2) is 6.60. The Morgan fingerprint density at radius 1 is 1.09 bits per heavy atom. The van der Waals surface area contributed by atoms with Gasteiger partial charge < -0.3 is 10.2 Å². The Bertz CT molecular complexity index is 783. The zero-order valence-electron chi connectivity index (χ0n) is 12.9. The molecule has 0 saturated carbocycles. The summed E-state index contributed by atoms with van der Waals surface area (Å²) in [4.78, 5) is 8.77. The zero-order valence-corrected chi connectivity index (χ0v) is 12.9. The quantitative estimate of drug-likeness (QED) is 0.755. The van der Waals surface area contributed by atoms with E-state index in [0.717, 1.165) is 36.1 Å². The number of hydrogen-bond donors (Lipinski definition) is 1. The summed E-state index contributed by atoms with van der Waals surface area (Å²) in [6.07, 6.45) is 4.45. The average molecular weight is 311 g/mol. The van der Waals surface area contributed by atoms with Gasteiger partial charge >= 0.3 is 0 Å². The molecule has 0 atom stereocenters. The minimum Gasteiger partial charge on any atom is -0.463 e. The molecular formula is C18H18FN3O. The molecule has 0 radical (unpaired) electrons. The van der Waals surface area contributed by atoms with Gasteiger partial charge in [0.1, 0.15) is 11.5 Å². The van der Waals surface area contributed by atoms with Crippen LogP contribution in [0.15, 0.2) is 47.1 Å². The van der Waals surface area contributed by atoms with Crippen molar-refractivity contribution in [3.05, 3.63) is 54.0 Å². The molecule has 0 amide bonds. The summed E-state index contributed by atoms with van der Waals surface area (Å²) in [6.45, 7) is 2.13. The highest BCUT2D eigenvalue weighted by Crippen LogP contribution is 2.32. The number of nitrogen functional groups attached to an aromatic ring is 1. The van der Waals surface area contributed by atoms with Gasteiger partial charge in [-0.3, -0.25) is 0 Å². The zero-order chi connectivity index (χ0) is 16.2. The number of nitrogens with two attached hydrogens (primary N) is 1. The number of aromatic nitrogens is 2. The second-order valence-electron chi connectivity index (χ2n) is 5.35. The van der Waals surface area contributed by atoms with Crippen LogP contribution in [0.2, 0.25) is 0 Å². The number of rotatable bonds is 5. The van der Waals surface area contributed by atoms with E-state index in [1.165, 1.54) is 12.1 Å². The maximum atomic E-state index is 13.2. The lowest BCUT2D eigenvalue weighted by Crippen LogP contribution is -2.05. The van der Waals surface area contributed by atoms with E-state index in [-0.39, 0.29) is 11.8 Å². The van der Waals surface area contributed by atoms with Crippen LogP contribution < -0.4 is 5.73 Å². The van der Waals surface area contributed by atoms with E-state index >= 15 is 0 Å². The smallest absolute Gasteiger partial charge is 0.221 e. The third kappa shape index (κ3) is 3.23. The summed E-state index contributed by atoms with van der Waals surface area (Å²) in [5.74, 6) is 0.557. The summed E-state index contributed by atoms with van der Waals surface area (Å²) in [5.41, 5.74) is 9.12. The van der Waals surface area contributed by atoms with E-state index in [9.17, 15) is 4.39 Å². The van der Waals surface area contributed by atoms with Gasteiger partial charge in [-0.2, -0.15) is 0 Å². The normalized spacial score (nSPS) is 10.9. The maximum absolute atomic E-state index is 13.2. The fourth-order valence-corrected chi connectivity index (χ4v) is 2.56. The molecular weight excluding hydrogens is 293 g/mol. The topological polar surface area (TPSA) is 64.9 Å². The number of nitrogens with zero attached hydrogens (tertiary/aromatic N) is 2. The lowest BCUT2D eigenvalue weighted by Gasteiger charge is -2.13. The van der Waals surface area contributed by atoms with Crippen molar-refractivity contribution in [2.45, 2.75) is 26.2 Å². The first kappa shape index (κ1) is 15.2. The van der Waals surface area contributed by atoms with Crippen LogP contribution in [0.3, 0.4) is 0 Å². The summed E-state index contributed by atoms with van der Waals surface area (Å²) in [6, 6.07) is 9.92. The number of unbranched alkanes of at least 4 members (excludes halogenated alkanes) is 1. The predicted molar refractivity (Wildman–Crippen MR) is 88.2 cm³/mol. The monoisotopic (exact) mass is 311 g/mol. The van der Waals surface area contributed by atoms with Gasteiger partial charge in [0, 0.05) is 11.1 Å². The van der Waals surface area contributed by atoms with Crippen molar-refractivity contribution in [1.82, 2.24) is 9.97 Å². The molecule has 0 aliphatic rings. The van der Waals surface area contributed by atoms with E-state index in [2.05, 4.69) is 16.9 Å². The number of benzene rings is 1. The van der Waals surface area contributed by atoms with Gasteiger partial charge in [-0.25, -0.2) is 14.4 Å². The molecule has 0 saturated heterocycles. The minimum absolute atomic E-state index is 0.177. The molecule has 1 aromatic carbocycles. The molecule has 0 aliphatic carbocycles. The lowest BCUT2D eigenvalue weighted by atomic mass is 9.98. The van der Waals surface area contributed by atoms with Crippen LogP contribution in [0.25, 0.3) is 22.7 Å². The molecule has 0 fully saturated rings. The summed E-state index contributed by atoms with van der Waals surface area (Å²) >= 11 is 0. The van der Waals surface area contributed by atoms with Gasteiger partial charge in [0.25, 0.3) is 0 Å². The third-order valence-corrected chi connectivity index (χ3v) is 3.68. The predicted octanol–water partition coefficient (Wildman–Crippen LogP) is 4.47. The van der Waals surface area contributed by atoms with Crippen molar-refractivity contribution in [2.75, 3.05) is 5.73 Å². The highest BCUT2D eigenvalue weighted by molar-refractivity contribution is 5.72. The van der Waals surface area contributed by atoms with Crippen LogP contribution in [0, 0.1) is 5.82 Å². The van der Waals surface area contributed by atoms with Crippen molar-refractivity contribution >= 4 is 5.95 Å². The first-order valence-electron chi connectivity index (χ1n) is 7.65. The van der Waals surface area contributed by atoms with Crippen molar-refractivity contribution < 1.29 is 8.81 Å². The molecule has 3 aromatic rings. The number of halogens is 1. The van der Waals surface area contributed by atoms with Gasteiger partial charge in [0.05, 0.1) is 12.0 Å². The standard InChI is InChI=1S/C18H18FN3O/c1-2-3-5-14-16(12-7-9-13(19)10-8-12)21-18(20)22-17(14)15-6-4-11-23-15/h4,6-11H,2-3,5H2,1H3,(H2,20,21,22). The first-order chi connectivity index (χ1) is 11.2. The molecule has 0 spiro atoms. The van der Waals surface area contributed by atoms with Crippen molar-refractivity contribution in [1.29, 1.82) is 0 Å². The van der Waals surface area contributed by atoms with Crippen LogP contribution in [0.5, 0.6) is 0 Å². The Morgan fingerprint density at radius 3 is 2.48 bits per heavy atom. The first-order valence-corrected chi connectivity index (χ1v) is 7.65. The van der Waals surface area contributed by atoms with Crippen LogP contribution in [-0.2, 0) is 6.42 Å². The lowest BCUT2D eigenvalue weighted by molar-refractivity contribution is 0.578. The average Bonchev–Trinajstić information content (AvgIpc) is 3.08. The molecule has 2 heterocycles. The van der Waals surface area contributed by atoms with Crippen molar-refractivity contribution in [3.63, 3.8) is 0 Å². The molecule has 3 rings (SSSR count). The van der Waals surface area contributed by atoms with E-state index in [4.69, 9.17) is 10.2 Å². The Morgan fingerprint density at radius 2 is 1.83 bits per heavy atom. The van der Waals surface area contributed by atoms with Gasteiger partial charge in [-0.15, -0.1) is 0 Å². The van der Waals surface area contributed by atoms with Gasteiger partial charge in [-0.1, -0.05) is 13.3 Å². The molecule has 0 bridgehead atoms. The Balaban J connectivity index is 2.19. The Hall–Kier alpha value is -2.69. The number of anilines is 1. The summed E-state index contributed by atoms with van der Waals surface area (Å²) in [7, 11) is 0. The SMILES string of the molecule is CCCCc1c(-c2ccc(F)cc2)nc(N)nc1-c1ccco1. The van der Waals surface area contributed by atoms with Crippen LogP contribution in [0.4, 0.5) is 10.3 Å². The number of hydrogen-bond acceptors (Lipinski definition) is 4. The van der Waals surface area contributed by atoms with E-state index in [0.29, 0.717) is 11.5 Å².